The highest BCUT2D eigenvalue weighted by molar-refractivity contribution is 6.06. The number of morpholine rings is 1. The van der Waals surface area contributed by atoms with Gasteiger partial charge in [-0.1, -0.05) is 36.4 Å². The van der Waals surface area contributed by atoms with E-state index in [0.717, 1.165) is 10.9 Å². The highest BCUT2D eigenvalue weighted by atomic mass is 16.5. The molecule has 1 atom stereocenters. The van der Waals surface area contributed by atoms with Crippen LogP contribution in [0.25, 0.3) is 10.9 Å². The van der Waals surface area contributed by atoms with Crippen LogP contribution in [-0.4, -0.2) is 47.4 Å². The van der Waals surface area contributed by atoms with Crippen LogP contribution < -0.4 is 5.32 Å². The number of pyridine rings is 1. The highest BCUT2D eigenvalue weighted by Crippen LogP contribution is 2.27. The molecule has 0 bridgehead atoms. The number of rotatable bonds is 4. The lowest BCUT2D eigenvalue weighted by molar-refractivity contribution is -0.0246. The molecule has 2 aromatic carbocycles. The number of hydrogen-bond acceptors (Lipinski definition) is 4. The van der Waals surface area contributed by atoms with E-state index in [2.05, 4.69) is 5.32 Å². The smallest absolute Gasteiger partial charge is 0.254 e. The lowest BCUT2D eigenvalue weighted by Crippen LogP contribution is -2.42. The predicted octanol–water partition coefficient (Wildman–Crippen LogP) is 3.59. The van der Waals surface area contributed by atoms with Gasteiger partial charge in [0.1, 0.15) is 6.10 Å². The van der Waals surface area contributed by atoms with Gasteiger partial charge in [-0.2, -0.15) is 0 Å². The summed E-state index contributed by atoms with van der Waals surface area (Å²) in [5, 5.41) is 3.76. The lowest BCUT2D eigenvalue weighted by Gasteiger charge is -2.33. The monoisotopic (exact) mass is 403 g/mol. The molecule has 1 aliphatic rings. The van der Waals surface area contributed by atoms with Crippen molar-refractivity contribution in [3.63, 3.8) is 0 Å². The Hall–Kier alpha value is -3.25. The maximum Gasteiger partial charge on any atom is 0.254 e. The molecule has 154 valence electrons. The fraction of sp³-hybridized carbons (Fsp3) is 0.292. The Bertz CT molecular complexity index is 1070. The number of carbonyl (C=O) groups excluding carboxylic acids is 2. The van der Waals surface area contributed by atoms with Gasteiger partial charge in [-0.3, -0.25) is 9.59 Å². The van der Waals surface area contributed by atoms with Crippen LogP contribution in [0.1, 0.15) is 46.4 Å². The van der Waals surface area contributed by atoms with Crippen LogP contribution in [0.4, 0.5) is 0 Å². The van der Waals surface area contributed by atoms with Gasteiger partial charge in [0.2, 0.25) is 0 Å². The molecule has 6 nitrogen and oxygen atoms in total. The second-order valence-electron chi connectivity index (χ2n) is 7.72. The average Bonchev–Trinajstić information content (AvgIpc) is 2.78. The van der Waals surface area contributed by atoms with Crippen LogP contribution in [0.5, 0.6) is 0 Å². The van der Waals surface area contributed by atoms with Crippen LogP contribution in [0, 0.1) is 0 Å². The van der Waals surface area contributed by atoms with Gasteiger partial charge in [0.15, 0.2) is 0 Å². The van der Waals surface area contributed by atoms with Crippen molar-refractivity contribution in [2.24, 2.45) is 0 Å². The number of carbonyl (C=O) groups is 2. The van der Waals surface area contributed by atoms with Crippen LogP contribution in [0.15, 0.2) is 60.7 Å². The quantitative estimate of drug-likeness (QED) is 0.723. The van der Waals surface area contributed by atoms with Gasteiger partial charge in [-0.25, -0.2) is 4.98 Å². The zero-order valence-corrected chi connectivity index (χ0v) is 17.2. The third-order valence-corrected chi connectivity index (χ3v) is 5.10. The summed E-state index contributed by atoms with van der Waals surface area (Å²) in [6.45, 7) is 5.20. The Kier molecular flexibility index (Phi) is 5.77. The molecule has 0 saturated carbocycles. The van der Waals surface area contributed by atoms with Crippen molar-refractivity contribution in [1.29, 1.82) is 0 Å². The zero-order valence-electron chi connectivity index (χ0n) is 17.2. The van der Waals surface area contributed by atoms with Crippen LogP contribution in [-0.2, 0) is 4.74 Å². The summed E-state index contributed by atoms with van der Waals surface area (Å²) in [7, 11) is 0. The van der Waals surface area contributed by atoms with E-state index in [1.54, 1.807) is 11.0 Å². The number of nitrogens with zero attached hydrogens (tertiary/aromatic N) is 2. The number of benzene rings is 2. The molecule has 0 aliphatic carbocycles. The Balaban J connectivity index is 1.65. The fourth-order valence-corrected chi connectivity index (χ4v) is 3.66. The van der Waals surface area contributed by atoms with E-state index in [9.17, 15) is 9.59 Å². The van der Waals surface area contributed by atoms with Gasteiger partial charge >= 0.3 is 0 Å². The molecule has 1 fully saturated rings. The van der Waals surface area contributed by atoms with E-state index in [1.807, 2.05) is 68.4 Å². The third kappa shape index (κ3) is 4.19. The number of nitrogens with one attached hydrogen (secondary N) is 1. The molecular formula is C24H25N3O3. The van der Waals surface area contributed by atoms with Gasteiger partial charge in [0.25, 0.3) is 11.8 Å². The first-order valence-corrected chi connectivity index (χ1v) is 10.2. The molecule has 3 aromatic rings. The Labute approximate surface area is 175 Å². The van der Waals surface area contributed by atoms with E-state index in [4.69, 9.17) is 9.72 Å². The number of ether oxygens (including phenoxy) is 1. The minimum absolute atomic E-state index is 0.0255. The van der Waals surface area contributed by atoms with Crippen molar-refractivity contribution >= 4 is 22.7 Å². The van der Waals surface area contributed by atoms with Gasteiger partial charge in [0.05, 0.1) is 29.9 Å². The van der Waals surface area contributed by atoms with Crippen molar-refractivity contribution in [3.05, 3.63) is 77.5 Å². The maximum atomic E-state index is 12.9. The molecular weight excluding hydrogens is 378 g/mol. The number of para-hydroxylation sites is 1. The molecule has 2 heterocycles. The van der Waals surface area contributed by atoms with Crippen LogP contribution >= 0.6 is 0 Å². The van der Waals surface area contributed by atoms with Gasteiger partial charge < -0.3 is 15.0 Å². The van der Waals surface area contributed by atoms with Crippen molar-refractivity contribution in [2.75, 3.05) is 19.7 Å². The number of amides is 2. The van der Waals surface area contributed by atoms with E-state index >= 15 is 0 Å². The van der Waals surface area contributed by atoms with Crippen molar-refractivity contribution < 1.29 is 14.3 Å². The van der Waals surface area contributed by atoms with E-state index in [-0.39, 0.29) is 24.0 Å². The first-order chi connectivity index (χ1) is 14.5. The summed E-state index contributed by atoms with van der Waals surface area (Å²) in [6, 6.07) is 18.6. The second kappa shape index (κ2) is 8.63. The molecule has 30 heavy (non-hydrogen) atoms. The molecule has 4 rings (SSSR count). The normalized spacial score (nSPS) is 16.6. The number of fused-ring (bicyclic) bond motifs is 1. The Morgan fingerprint density at radius 3 is 2.60 bits per heavy atom. The van der Waals surface area contributed by atoms with Gasteiger partial charge in [-0.05, 0) is 38.1 Å². The molecule has 6 heteroatoms. The lowest BCUT2D eigenvalue weighted by atomic mass is 10.0. The van der Waals surface area contributed by atoms with E-state index in [1.165, 1.54) is 0 Å². The SMILES string of the molecule is CC(C)NC(=O)c1cc([C@H]2CN(C(=O)c3ccccc3)CCO2)nc2ccccc12. The first kappa shape index (κ1) is 20.0. The van der Waals surface area contributed by atoms with Crippen LogP contribution in [0.3, 0.4) is 0 Å². The van der Waals surface area contributed by atoms with Crippen LogP contribution in [0.2, 0.25) is 0 Å². The van der Waals surface area contributed by atoms with E-state index in [0.29, 0.717) is 36.5 Å². The Morgan fingerprint density at radius 2 is 1.83 bits per heavy atom. The standard InChI is InChI=1S/C24H25N3O3/c1-16(2)25-23(28)19-14-21(26-20-11-7-6-10-18(19)20)22-15-27(12-13-30-22)24(29)17-8-4-3-5-9-17/h3-11,14,16,22H,12-13,15H2,1-2H3,(H,25,28)/t22-/m1/s1. The summed E-state index contributed by atoms with van der Waals surface area (Å²) in [4.78, 5) is 32.2. The summed E-state index contributed by atoms with van der Waals surface area (Å²) < 4.78 is 5.96. The summed E-state index contributed by atoms with van der Waals surface area (Å²) in [5.41, 5.74) is 2.62. The van der Waals surface area contributed by atoms with Crippen molar-refractivity contribution in [2.45, 2.75) is 26.0 Å². The summed E-state index contributed by atoms with van der Waals surface area (Å²) >= 11 is 0. The third-order valence-electron chi connectivity index (χ3n) is 5.10. The number of aromatic nitrogens is 1. The minimum Gasteiger partial charge on any atom is -0.368 e. The Morgan fingerprint density at radius 1 is 1.10 bits per heavy atom. The van der Waals surface area contributed by atoms with Crippen molar-refractivity contribution in [1.82, 2.24) is 15.2 Å². The van der Waals surface area contributed by atoms with Gasteiger partial charge in [-0.15, -0.1) is 0 Å². The molecule has 1 saturated heterocycles. The fourth-order valence-electron chi connectivity index (χ4n) is 3.66. The maximum absolute atomic E-state index is 12.9. The molecule has 0 radical (unpaired) electrons. The first-order valence-electron chi connectivity index (χ1n) is 10.2. The number of hydrogen-bond donors (Lipinski definition) is 1. The average molecular weight is 403 g/mol. The predicted molar refractivity (Wildman–Crippen MR) is 115 cm³/mol. The van der Waals surface area contributed by atoms with Crippen molar-refractivity contribution in [3.8, 4) is 0 Å². The highest BCUT2D eigenvalue weighted by Gasteiger charge is 2.28. The zero-order chi connectivity index (χ0) is 21.1. The summed E-state index contributed by atoms with van der Waals surface area (Å²) in [6.07, 6.45) is -0.387. The summed E-state index contributed by atoms with van der Waals surface area (Å²) in [5.74, 6) is -0.166. The largest absolute Gasteiger partial charge is 0.368 e. The topological polar surface area (TPSA) is 71.5 Å². The van der Waals surface area contributed by atoms with E-state index < -0.39 is 0 Å². The molecule has 1 N–H and O–H groups in total. The second-order valence-corrected chi connectivity index (χ2v) is 7.72. The molecule has 0 unspecified atom stereocenters. The minimum atomic E-state index is -0.387. The molecule has 1 aliphatic heterocycles. The van der Waals surface area contributed by atoms with Gasteiger partial charge in [0, 0.05) is 23.5 Å². The molecule has 0 spiro atoms. The molecule has 2 amide bonds. The molecule has 1 aromatic heterocycles.